The third kappa shape index (κ3) is 6.49. The van der Waals surface area contributed by atoms with E-state index in [0.717, 1.165) is 21.3 Å². The molecule has 4 aromatic rings. The number of carbonyl (C=O) groups excluding carboxylic acids is 1. The third-order valence-electron chi connectivity index (χ3n) is 6.07. The second-order valence-electron chi connectivity index (χ2n) is 10.5. The first-order valence-corrected chi connectivity index (χ1v) is 15.1. The van der Waals surface area contributed by atoms with E-state index in [2.05, 4.69) is 6.07 Å². The maximum atomic E-state index is 13.8. The standard InChI is InChI=1S/C30H35N3O3S2/c1-21(2)18-32(19-22(3)4)38(35,36)26-14-12-25(13-15-26)29(34)33(20-24-9-7-6-8-10-24)30-31-27-16-11-23(5)17-28(27)37-30/h6-17,21-22H,18-20H2,1-5H3. The van der Waals surface area contributed by atoms with Crippen molar-refractivity contribution >= 4 is 42.6 Å². The van der Waals surface area contributed by atoms with Gasteiger partial charge >= 0.3 is 0 Å². The number of nitrogens with zero attached hydrogens (tertiary/aromatic N) is 3. The Bertz CT molecular complexity index is 1490. The Balaban J connectivity index is 1.67. The molecule has 0 bridgehead atoms. The maximum Gasteiger partial charge on any atom is 0.260 e. The molecule has 0 unspecified atom stereocenters. The van der Waals surface area contributed by atoms with Crippen molar-refractivity contribution in [2.24, 2.45) is 11.8 Å². The summed E-state index contributed by atoms with van der Waals surface area (Å²) in [6, 6.07) is 22.1. The number of aromatic nitrogens is 1. The smallest absolute Gasteiger partial charge is 0.260 e. The summed E-state index contributed by atoms with van der Waals surface area (Å²) >= 11 is 1.48. The Kier molecular flexibility index (Phi) is 8.65. The summed E-state index contributed by atoms with van der Waals surface area (Å²) in [5.41, 5.74) is 3.37. The van der Waals surface area contributed by atoms with Gasteiger partial charge in [0.25, 0.3) is 5.91 Å². The van der Waals surface area contributed by atoms with E-state index in [4.69, 9.17) is 4.98 Å². The highest BCUT2D eigenvalue weighted by Gasteiger charge is 2.27. The fourth-order valence-electron chi connectivity index (χ4n) is 4.29. The van der Waals surface area contributed by atoms with Gasteiger partial charge in [-0.3, -0.25) is 9.69 Å². The van der Waals surface area contributed by atoms with E-state index in [1.165, 1.54) is 11.3 Å². The van der Waals surface area contributed by atoms with Crippen LogP contribution in [0.1, 0.15) is 49.2 Å². The number of sulfonamides is 1. The largest absolute Gasteiger partial charge is 0.279 e. The monoisotopic (exact) mass is 549 g/mol. The van der Waals surface area contributed by atoms with Gasteiger partial charge in [0.15, 0.2) is 5.13 Å². The molecule has 1 heterocycles. The van der Waals surface area contributed by atoms with Gasteiger partial charge in [0.05, 0.1) is 21.7 Å². The molecule has 0 fully saturated rings. The number of thiazole rings is 1. The molecule has 0 saturated carbocycles. The minimum absolute atomic E-state index is 0.195. The van der Waals surface area contributed by atoms with Crippen molar-refractivity contribution < 1.29 is 13.2 Å². The summed E-state index contributed by atoms with van der Waals surface area (Å²) in [5, 5.41) is 0.608. The highest BCUT2D eigenvalue weighted by atomic mass is 32.2. The zero-order valence-electron chi connectivity index (χ0n) is 22.6. The number of aryl methyl sites for hydroxylation is 1. The molecular weight excluding hydrogens is 514 g/mol. The van der Waals surface area contributed by atoms with Gasteiger partial charge in [-0.2, -0.15) is 4.31 Å². The molecule has 38 heavy (non-hydrogen) atoms. The van der Waals surface area contributed by atoms with Crippen LogP contribution in [0.2, 0.25) is 0 Å². The molecule has 0 atom stereocenters. The van der Waals surface area contributed by atoms with Gasteiger partial charge in [0.1, 0.15) is 0 Å². The van der Waals surface area contributed by atoms with Crippen molar-refractivity contribution in [3.05, 3.63) is 89.5 Å². The third-order valence-corrected chi connectivity index (χ3v) is 8.96. The number of anilines is 1. The molecule has 0 N–H and O–H groups in total. The number of benzene rings is 3. The lowest BCUT2D eigenvalue weighted by atomic mass is 10.1. The highest BCUT2D eigenvalue weighted by Crippen LogP contribution is 2.32. The van der Waals surface area contributed by atoms with Gasteiger partial charge in [0, 0.05) is 18.7 Å². The first-order chi connectivity index (χ1) is 18.0. The van der Waals surface area contributed by atoms with Crippen LogP contribution in [0.3, 0.4) is 0 Å². The normalized spacial score (nSPS) is 12.1. The lowest BCUT2D eigenvalue weighted by Gasteiger charge is -2.26. The van der Waals surface area contributed by atoms with E-state index in [-0.39, 0.29) is 22.6 Å². The Labute approximate surface area is 230 Å². The van der Waals surface area contributed by atoms with Crippen molar-refractivity contribution in [1.82, 2.24) is 9.29 Å². The Morgan fingerprint density at radius 3 is 2.13 bits per heavy atom. The fraction of sp³-hybridized carbons (Fsp3) is 0.333. The molecule has 0 saturated heterocycles. The predicted molar refractivity (Wildman–Crippen MR) is 156 cm³/mol. The van der Waals surface area contributed by atoms with Crippen LogP contribution < -0.4 is 4.90 Å². The first-order valence-electron chi connectivity index (χ1n) is 12.9. The lowest BCUT2D eigenvalue weighted by Crippen LogP contribution is -2.37. The lowest BCUT2D eigenvalue weighted by molar-refractivity contribution is 0.0985. The van der Waals surface area contributed by atoms with Crippen molar-refractivity contribution in [2.45, 2.75) is 46.1 Å². The molecule has 0 aliphatic heterocycles. The molecule has 1 amide bonds. The van der Waals surface area contributed by atoms with Crippen LogP contribution in [0.25, 0.3) is 10.2 Å². The molecule has 8 heteroatoms. The van der Waals surface area contributed by atoms with Crippen LogP contribution in [0.15, 0.2) is 77.7 Å². The van der Waals surface area contributed by atoms with E-state index < -0.39 is 10.0 Å². The minimum Gasteiger partial charge on any atom is -0.279 e. The zero-order chi connectivity index (χ0) is 27.4. The van der Waals surface area contributed by atoms with E-state index in [1.807, 2.05) is 77.1 Å². The molecule has 6 nitrogen and oxygen atoms in total. The van der Waals surface area contributed by atoms with Crippen LogP contribution in [0.5, 0.6) is 0 Å². The van der Waals surface area contributed by atoms with Crippen LogP contribution in [0, 0.1) is 18.8 Å². The molecule has 0 spiro atoms. The number of amides is 1. The minimum atomic E-state index is -3.68. The van der Waals surface area contributed by atoms with Crippen molar-refractivity contribution in [2.75, 3.05) is 18.0 Å². The number of rotatable bonds is 10. The zero-order valence-corrected chi connectivity index (χ0v) is 24.2. The van der Waals surface area contributed by atoms with Gasteiger partial charge in [-0.1, -0.05) is 75.4 Å². The Morgan fingerprint density at radius 1 is 0.895 bits per heavy atom. The number of hydrogen-bond acceptors (Lipinski definition) is 5. The first kappa shape index (κ1) is 28.0. The average molecular weight is 550 g/mol. The van der Waals surface area contributed by atoms with Gasteiger partial charge in [-0.25, -0.2) is 13.4 Å². The molecule has 0 aliphatic carbocycles. The number of hydrogen-bond donors (Lipinski definition) is 0. The molecule has 0 radical (unpaired) electrons. The van der Waals surface area contributed by atoms with Crippen molar-refractivity contribution in [1.29, 1.82) is 0 Å². The summed E-state index contributed by atoms with van der Waals surface area (Å²) in [6.45, 7) is 11.3. The van der Waals surface area contributed by atoms with Crippen molar-refractivity contribution in [3.8, 4) is 0 Å². The molecule has 3 aromatic carbocycles. The molecule has 4 rings (SSSR count). The summed E-state index contributed by atoms with van der Waals surface area (Å²) in [6.07, 6.45) is 0. The molecule has 0 aliphatic rings. The topological polar surface area (TPSA) is 70.6 Å². The van der Waals surface area contributed by atoms with Gasteiger partial charge in [-0.05, 0) is 66.3 Å². The second-order valence-corrected chi connectivity index (χ2v) is 13.4. The van der Waals surface area contributed by atoms with Gasteiger partial charge in [0.2, 0.25) is 10.0 Å². The van der Waals surface area contributed by atoms with Gasteiger partial charge < -0.3 is 0 Å². The van der Waals surface area contributed by atoms with E-state index in [0.29, 0.717) is 30.3 Å². The van der Waals surface area contributed by atoms with Crippen LogP contribution >= 0.6 is 11.3 Å². The molecule has 200 valence electrons. The van der Waals surface area contributed by atoms with E-state index in [1.54, 1.807) is 33.5 Å². The van der Waals surface area contributed by atoms with Crippen LogP contribution in [-0.2, 0) is 16.6 Å². The Morgan fingerprint density at radius 2 is 1.53 bits per heavy atom. The second kappa shape index (κ2) is 11.8. The summed E-state index contributed by atoms with van der Waals surface area (Å²) in [5.74, 6) is 0.178. The van der Waals surface area contributed by atoms with Crippen LogP contribution in [-0.4, -0.2) is 36.7 Å². The molecular formula is C30H35N3O3S2. The SMILES string of the molecule is Cc1ccc2nc(N(Cc3ccccc3)C(=O)c3ccc(S(=O)(=O)N(CC(C)C)CC(C)C)cc3)sc2c1. The number of carbonyl (C=O) groups is 1. The maximum absolute atomic E-state index is 13.8. The quantitative estimate of drug-likeness (QED) is 0.219. The van der Waals surface area contributed by atoms with E-state index >= 15 is 0 Å². The summed E-state index contributed by atoms with van der Waals surface area (Å²) < 4.78 is 29.4. The Hall–Kier alpha value is -3.07. The van der Waals surface area contributed by atoms with E-state index in [9.17, 15) is 13.2 Å². The van der Waals surface area contributed by atoms with Gasteiger partial charge in [-0.15, -0.1) is 0 Å². The predicted octanol–water partition coefficient (Wildman–Crippen LogP) is 6.75. The van der Waals surface area contributed by atoms with Crippen molar-refractivity contribution in [3.63, 3.8) is 0 Å². The summed E-state index contributed by atoms with van der Waals surface area (Å²) in [7, 11) is -3.68. The highest BCUT2D eigenvalue weighted by molar-refractivity contribution is 7.89. The average Bonchev–Trinajstić information content (AvgIpc) is 3.29. The van der Waals surface area contributed by atoms with Crippen LogP contribution in [0.4, 0.5) is 5.13 Å². The number of fused-ring (bicyclic) bond motifs is 1. The molecule has 1 aromatic heterocycles. The fourth-order valence-corrected chi connectivity index (χ4v) is 7.12. The summed E-state index contributed by atoms with van der Waals surface area (Å²) in [4.78, 5) is 20.4.